The Kier molecular flexibility index (Phi) is 6.69. The maximum Gasteiger partial charge on any atom is 0.311 e. The molecule has 0 bridgehead atoms. The van der Waals surface area contributed by atoms with Crippen LogP contribution in [0.1, 0.15) is 36.8 Å². The normalized spacial score (nSPS) is 11.8. The molecule has 0 amide bonds. The molecule has 0 radical (unpaired) electrons. The zero-order chi connectivity index (χ0) is 18.2. The number of carboxylic acid groups (broad SMARTS) is 1. The molecule has 0 aliphatic rings. The number of phenolic OH excluding ortho intramolecular Hbond substituents is 1. The van der Waals surface area contributed by atoms with Gasteiger partial charge in [-0.2, -0.15) is 0 Å². The third-order valence-electron chi connectivity index (χ3n) is 3.99. The number of hydrogen-bond acceptors (Lipinski definition) is 4. The van der Waals surface area contributed by atoms with Crippen molar-refractivity contribution in [2.24, 2.45) is 0 Å². The number of phenols is 1. The van der Waals surface area contributed by atoms with Gasteiger partial charge >= 0.3 is 5.97 Å². The Bertz CT molecular complexity index is 711. The van der Waals surface area contributed by atoms with Crippen molar-refractivity contribution >= 4 is 5.97 Å². The van der Waals surface area contributed by atoms with Gasteiger partial charge in [-0.3, -0.25) is 4.79 Å². The standard InChI is InChI=1S/C20H24O5/c1-3-4-10-25-19-12-14(8-9-18(19)24-2)11-17(20(22)23)15-6-5-7-16(21)13-15/h5-9,12-13,17,21H,3-4,10-11H2,1-2H3,(H,22,23). The Balaban J connectivity index is 2.24. The van der Waals surface area contributed by atoms with E-state index in [9.17, 15) is 15.0 Å². The summed E-state index contributed by atoms with van der Waals surface area (Å²) in [5, 5.41) is 19.2. The zero-order valence-electron chi connectivity index (χ0n) is 14.6. The van der Waals surface area contributed by atoms with Gasteiger partial charge in [-0.05, 0) is 48.2 Å². The number of unbranched alkanes of at least 4 members (excludes halogenated alkanes) is 1. The summed E-state index contributed by atoms with van der Waals surface area (Å²) < 4.78 is 11.1. The van der Waals surface area contributed by atoms with Gasteiger partial charge in [0.15, 0.2) is 11.5 Å². The van der Waals surface area contributed by atoms with Gasteiger partial charge in [0.05, 0.1) is 19.6 Å². The molecular formula is C20H24O5. The summed E-state index contributed by atoms with van der Waals surface area (Å²) in [6.07, 6.45) is 2.27. The molecule has 134 valence electrons. The van der Waals surface area contributed by atoms with Crippen LogP contribution in [0.15, 0.2) is 42.5 Å². The maximum atomic E-state index is 11.7. The number of aromatic hydroxyl groups is 1. The van der Waals surface area contributed by atoms with Crippen molar-refractivity contribution in [2.45, 2.75) is 32.1 Å². The zero-order valence-corrected chi connectivity index (χ0v) is 14.6. The van der Waals surface area contributed by atoms with Crippen LogP contribution in [-0.4, -0.2) is 29.9 Å². The van der Waals surface area contributed by atoms with Crippen LogP contribution in [-0.2, 0) is 11.2 Å². The topological polar surface area (TPSA) is 76.0 Å². The van der Waals surface area contributed by atoms with Gasteiger partial charge in [-0.25, -0.2) is 0 Å². The second-order valence-electron chi connectivity index (χ2n) is 5.88. The first-order chi connectivity index (χ1) is 12.0. The van der Waals surface area contributed by atoms with Crippen LogP contribution < -0.4 is 9.47 Å². The largest absolute Gasteiger partial charge is 0.508 e. The van der Waals surface area contributed by atoms with Crippen molar-refractivity contribution in [3.63, 3.8) is 0 Å². The van der Waals surface area contributed by atoms with Crippen LogP contribution in [0.4, 0.5) is 0 Å². The summed E-state index contributed by atoms with van der Waals surface area (Å²) in [6.45, 7) is 2.68. The summed E-state index contributed by atoms with van der Waals surface area (Å²) in [6, 6.07) is 11.8. The summed E-state index contributed by atoms with van der Waals surface area (Å²) in [7, 11) is 1.58. The molecule has 0 heterocycles. The molecule has 1 atom stereocenters. The van der Waals surface area contributed by atoms with Crippen LogP contribution in [0.25, 0.3) is 0 Å². The number of ether oxygens (including phenoxy) is 2. The van der Waals surface area contributed by atoms with Gasteiger partial charge in [-0.15, -0.1) is 0 Å². The van der Waals surface area contributed by atoms with Crippen LogP contribution in [0.3, 0.4) is 0 Å². The lowest BCUT2D eigenvalue weighted by Gasteiger charge is -2.16. The number of methoxy groups -OCH3 is 1. The highest BCUT2D eigenvalue weighted by Gasteiger charge is 2.21. The quantitative estimate of drug-likeness (QED) is 0.673. The Morgan fingerprint density at radius 1 is 1.16 bits per heavy atom. The Morgan fingerprint density at radius 3 is 2.60 bits per heavy atom. The number of carboxylic acids is 1. The predicted octanol–water partition coefficient (Wildman–Crippen LogP) is 3.99. The molecule has 1 unspecified atom stereocenters. The molecule has 0 aliphatic heterocycles. The number of carbonyl (C=O) groups is 1. The van der Waals surface area contributed by atoms with Gasteiger partial charge in [-0.1, -0.05) is 31.5 Å². The van der Waals surface area contributed by atoms with Crippen LogP contribution in [0, 0.1) is 0 Å². The molecule has 0 saturated carbocycles. The molecule has 0 fully saturated rings. The van der Waals surface area contributed by atoms with E-state index in [4.69, 9.17) is 9.47 Å². The van der Waals surface area contributed by atoms with Crippen molar-refractivity contribution in [2.75, 3.05) is 13.7 Å². The van der Waals surface area contributed by atoms with E-state index in [2.05, 4.69) is 6.92 Å². The molecule has 2 aromatic rings. The maximum absolute atomic E-state index is 11.7. The molecule has 2 N–H and O–H groups in total. The number of aliphatic carboxylic acids is 1. The molecule has 0 saturated heterocycles. The van der Waals surface area contributed by atoms with E-state index in [1.165, 1.54) is 12.1 Å². The highest BCUT2D eigenvalue weighted by atomic mass is 16.5. The first kappa shape index (κ1) is 18.6. The van der Waals surface area contributed by atoms with Crippen LogP contribution in [0.2, 0.25) is 0 Å². The summed E-state index contributed by atoms with van der Waals surface area (Å²) in [4.78, 5) is 11.7. The fourth-order valence-electron chi connectivity index (χ4n) is 2.61. The highest BCUT2D eigenvalue weighted by molar-refractivity contribution is 5.76. The van der Waals surface area contributed by atoms with Crippen molar-refractivity contribution in [1.29, 1.82) is 0 Å². The van der Waals surface area contributed by atoms with E-state index in [0.29, 0.717) is 30.1 Å². The van der Waals surface area contributed by atoms with Gasteiger partial charge in [0.25, 0.3) is 0 Å². The van der Waals surface area contributed by atoms with E-state index < -0.39 is 11.9 Å². The van der Waals surface area contributed by atoms with Crippen molar-refractivity contribution in [3.05, 3.63) is 53.6 Å². The third kappa shape index (κ3) is 5.14. The SMILES string of the molecule is CCCCOc1cc(CC(C(=O)O)c2cccc(O)c2)ccc1OC. The van der Waals surface area contributed by atoms with E-state index >= 15 is 0 Å². The third-order valence-corrected chi connectivity index (χ3v) is 3.99. The number of benzene rings is 2. The molecule has 25 heavy (non-hydrogen) atoms. The fourth-order valence-corrected chi connectivity index (χ4v) is 2.61. The second-order valence-corrected chi connectivity index (χ2v) is 5.88. The smallest absolute Gasteiger partial charge is 0.311 e. The highest BCUT2D eigenvalue weighted by Crippen LogP contribution is 2.31. The van der Waals surface area contributed by atoms with Crippen molar-refractivity contribution < 1.29 is 24.5 Å². The van der Waals surface area contributed by atoms with E-state index in [0.717, 1.165) is 18.4 Å². The molecular weight excluding hydrogens is 320 g/mol. The summed E-state index contributed by atoms with van der Waals surface area (Å²) in [5.74, 6) is -0.376. The summed E-state index contributed by atoms with van der Waals surface area (Å²) in [5.41, 5.74) is 1.40. The molecule has 5 heteroatoms. The predicted molar refractivity (Wildman–Crippen MR) is 95.6 cm³/mol. The van der Waals surface area contributed by atoms with Gasteiger partial charge < -0.3 is 19.7 Å². The Hall–Kier alpha value is -2.69. The van der Waals surface area contributed by atoms with Gasteiger partial charge in [0, 0.05) is 0 Å². The van der Waals surface area contributed by atoms with Crippen LogP contribution >= 0.6 is 0 Å². The van der Waals surface area contributed by atoms with Crippen LogP contribution in [0.5, 0.6) is 17.2 Å². The van der Waals surface area contributed by atoms with E-state index in [1.54, 1.807) is 25.3 Å². The summed E-state index contributed by atoms with van der Waals surface area (Å²) >= 11 is 0. The fraction of sp³-hybridized carbons (Fsp3) is 0.350. The first-order valence-corrected chi connectivity index (χ1v) is 8.36. The van der Waals surface area contributed by atoms with Crippen molar-refractivity contribution in [1.82, 2.24) is 0 Å². The molecule has 5 nitrogen and oxygen atoms in total. The molecule has 0 aliphatic carbocycles. The first-order valence-electron chi connectivity index (χ1n) is 8.36. The number of rotatable bonds is 9. The lowest BCUT2D eigenvalue weighted by Crippen LogP contribution is -2.14. The lowest BCUT2D eigenvalue weighted by molar-refractivity contribution is -0.138. The van der Waals surface area contributed by atoms with Crippen molar-refractivity contribution in [3.8, 4) is 17.2 Å². The van der Waals surface area contributed by atoms with Gasteiger partial charge in [0.2, 0.25) is 0 Å². The number of hydrogen-bond donors (Lipinski definition) is 2. The average Bonchev–Trinajstić information content (AvgIpc) is 2.60. The Morgan fingerprint density at radius 2 is 1.96 bits per heavy atom. The second kappa shape index (κ2) is 8.97. The minimum Gasteiger partial charge on any atom is -0.508 e. The molecule has 2 rings (SSSR count). The molecule has 0 aromatic heterocycles. The average molecular weight is 344 g/mol. The van der Waals surface area contributed by atoms with Gasteiger partial charge in [0.1, 0.15) is 5.75 Å². The minimum absolute atomic E-state index is 0.0575. The van der Waals surface area contributed by atoms with E-state index in [1.807, 2.05) is 12.1 Å². The minimum atomic E-state index is -0.935. The monoisotopic (exact) mass is 344 g/mol. The lowest BCUT2D eigenvalue weighted by atomic mass is 9.92. The molecule has 0 spiro atoms. The molecule has 2 aromatic carbocycles. The van der Waals surface area contributed by atoms with E-state index in [-0.39, 0.29) is 5.75 Å². The Labute approximate surface area is 147 Å².